The Morgan fingerprint density at radius 1 is 1.40 bits per heavy atom. The molecule has 4 rings (SSSR count). The lowest BCUT2D eigenvalue weighted by Crippen LogP contribution is -2.18. The summed E-state index contributed by atoms with van der Waals surface area (Å²) in [5.74, 6) is 0.584. The first-order chi connectivity index (χ1) is 12.3. The average Bonchev–Trinajstić information content (AvgIpc) is 3.30. The van der Waals surface area contributed by atoms with Gasteiger partial charge in [-0.05, 0) is 25.0 Å². The molecule has 130 valence electrons. The Morgan fingerprint density at radius 3 is 3.24 bits per heavy atom. The summed E-state index contributed by atoms with van der Waals surface area (Å²) in [5.41, 5.74) is 1.32. The predicted molar refractivity (Wildman–Crippen MR) is 98.4 cm³/mol. The van der Waals surface area contributed by atoms with E-state index in [1.165, 1.54) is 27.5 Å². The molecule has 1 atom stereocenters. The van der Waals surface area contributed by atoms with Crippen LogP contribution in [0.1, 0.15) is 18.5 Å². The normalized spacial score (nSPS) is 17.2. The second-order valence-corrected chi connectivity index (χ2v) is 7.89. The van der Waals surface area contributed by atoms with Crippen LogP contribution in [-0.2, 0) is 10.5 Å². The molecule has 7 nitrogen and oxygen atoms in total. The highest BCUT2D eigenvalue weighted by Crippen LogP contribution is 2.28. The molecule has 0 spiro atoms. The van der Waals surface area contributed by atoms with Gasteiger partial charge in [0.1, 0.15) is 5.65 Å². The Morgan fingerprint density at radius 2 is 2.36 bits per heavy atom. The van der Waals surface area contributed by atoms with Crippen molar-refractivity contribution in [2.45, 2.75) is 29.0 Å². The summed E-state index contributed by atoms with van der Waals surface area (Å²) in [6, 6.07) is 7.08. The smallest absolute Gasteiger partial charge is 0.258 e. The Kier molecular flexibility index (Phi) is 4.95. The lowest BCUT2D eigenvalue weighted by molar-refractivity contribution is 0.120. The van der Waals surface area contributed by atoms with Crippen LogP contribution in [-0.4, -0.2) is 38.8 Å². The van der Waals surface area contributed by atoms with Gasteiger partial charge in [-0.1, -0.05) is 29.2 Å². The van der Waals surface area contributed by atoms with E-state index in [1.807, 2.05) is 18.2 Å². The van der Waals surface area contributed by atoms with E-state index in [4.69, 9.17) is 4.74 Å². The molecule has 0 bridgehead atoms. The largest absolute Gasteiger partial charge is 0.376 e. The van der Waals surface area contributed by atoms with E-state index in [2.05, 4.69) is 20.5 Å². The predicted octanol–water partition coefficient (Wildman–Crippen LogP) is 2.43. The van der Waals surface area contributed by atoms with Crippen molar-refractivity contribution >= 4 is 33.9 Å². The Bertz CT molecular complexity index is 920. The summed E-state index contributed by atoms with van der Waals surface area (Å²) in [6.07, 6.45) is 4.21. The van der Waals surface area contributed by atoms with Crippen molar-refractivity contribution in [1.82, 2.24) is 19.6 Å². The highest BCUT2D eigenvalue weighted by atomic mass is 32.2. The Balaban J connectivity index is 1.37. The summed E-state index contributed by atoms with van der Waals surface area (Å²) in [6.45, 7) is 1.62. The fourth-order valence-corrected chi connectivity index (χ4v) is 4.31. The van der Waals surface area contributed by atoms with E-state index >= 15 is 0 Å². The first kappa shape index (κ1) is 16.5. The van der Waals surface area contributed by atoms with Crippen molar-refractivity contribution in [3.8, 4) is 0 Å². The maximum absolute atomic E-state index is 12.1. The number of ether oxygens (including phenoxy) is 1. The lowest BCUT2D eigenvalue weighted by Gasteiger charge is -2.08. The third kappa shape index (κ3) is 4.00. The fraction of sp³-hybridized carbons (Fsp3) is 0.375. The number of hydrogen-bond donors (Lipinski definition) is 1. The molecule has 0 saturated carbocycles. The number of nitrogens with zero attached hydrogens (tertiary/aromatic N) is 4. The Labute approximate surface area is 152 Å². The topological polar surface area (TPSA) is 81.4 Å². The molecule has 4 heterocycles. The van der Waals surface area contributed by atoms with Crippen molar-refractivity contribution in [3.05, 3.63) is 46.5 Å². The zero-order chi connectivity index (χ0) is 17.1. The van der Waals surface area contributed by atoms with Crippen molar-refractivity contribution in [3.63, 3.8) is 0 Å². The summed E-state index contributed by atoms with van der Waals surface area (Å²) >= 11 is 3.04. The van der Waals surface area contributed by atoms with E-state index in [0.29, 0.717) is 11.4 Å². The molecule has 3 aromatic heterocycles. The average molecular weight is 375 g/mol. The van der Waals surface area contributed by atoms with Gasteiger partial charge in [0.2, 0.25) is 5.13 Å². The van der Waals surface area contributed by atoms with E-state index in [-0.39, 0.29) is 11.7 Å². The van der Waals surface area contributed by atoms with Gasteiger partial charge < -0.3 is 10.1 Å². The third-order valence-corrected chi connectivity index (χ3v) is 5.93. The van der Waals surface area contributed by atoms with Gasteiger partial charge in [-0.15, -0.1) is 10.2 Å². The van der Waals surface area contributed by atoms with Gasteiger partial charge in [0, 0.05) is 31.2 Å². The highest BCUT2D eigenvalue weighted by molar-refractivity contribution is 8.00. The molecule has 0 aromatic carbocycles. The van der Waals surface area contributed by atoms with Crippen LogP contribution in [0.15, 0.2) is 39.6 Å². The standard InChI is InChI=1S/C16H17N5O2S2/c22-14-8-11(18-13-5-1-2-6-21(13)14)10-24-16-20-19-15(25-16)17-9-12-4-3-7-23-12/h1-2,5-6,8,12H,3-4,7,9-10H2,(H,17,19)/t12-/m1/s1. The SMILES string of the molecule is O=c1cc(CSc2nnc(NC[C@H]3CCCO3)s2)nc2ccccn12. The highest BCUT2D eigenvalue weighted by Gasteiger charge is 2.16. The zero-order valence-electron chi connectivity index (χ0n) is 13.4. The molecule has 9 heteroatoms. The van der Waals surface area contributed by atoms with Gasteiger partial charge in [-0.2, -0.15) is 0 Å². The van der Waals surface area contributed by atoms with Gasteiger partial charge in [0.05, 0.1) is 11.8 Å². The second kappa shape index (κ2) is 7.51. The number of thioether (sulfide) groups is 1. The maximum atomic E-state index is 12.1. The van der Waals surface area contributed by atoms with Crippen molar-refractivity contribution in [2.75, 3.05) is 18.5 Å². The van der Waals surface area contributed by atoms with Crippen molar-refractivity contribution < 1.29 is 4.74 Å². The molecule has 0 unspecified atom stereocenters. The number of pyridine rings is 1. The van der Waals surface area contributed by atoms with E-state index < -0.39 is 0 Å². The van der Waals surface area contributed by atoms with Crippen molar-refractivity contribution in [2.24, 2.45) is 0 Å². The number of rotatable bonds is 6. The van der Waals surface area contributed by atoms with Gasteiger partial charge in [0.15, 0.2) is 4.34 Å². The minimum atomic E-state index is -0.0719. The van der Waals surface area contributed by atoms with Gasteiger partial charge in [-0.25, -0.2) is 4.98 Å². The minimum Gasteiger partial charge on any atom is -0.376 e. The molecular weight excluding hydrogens is 358 g/mol. The molecule has 25 heavy (non-hydrogen) atoms. The van der Waals surface area contributed by atoms with Gasteiger partial charge in [0.25, 0.3) is 5.56 Å². The Hall–Kier alpha value is -1.97. The first-order valence-electron chi connectivity index (χ1n) is 8.07. The van der Waals surface area contributed by atoms with Crippen LogP contribution in [0.2, 0.25) is 0 Å². The van der Waals surface area contributed by atoms with Gasteiger partial charge in [-0.3, -0.25) is 9.20 Å². The molecular formula is C16H17N5O2S2. The third-order valence-electron chi connectivity index (χ3n) is 3.88. The van der Waals surface area contributed by atoms with Crippen LogP contribution < -0.4 is 10.9 Å². The van der Waals surface area contributed by atoms with Crippen LogP contribution in [0.4, 0.5) is 5.13 Å². The molecule has 1 aliphatic heterocycles. The van der Waals surface area contributed by atoms with Crippen LogP contribution in [0.3, 0.4) is 0 Å². The molecule has 1 N–H and O–H groups in total. The quantitative estimate of drug-likeness (QED) is 0.663. The molecule has 0 aliphatic carbocycles. The second-order valence-electron chi connectivity index (χ2n) is 5.69. The van der Waals surface area contributed by atoms with Crippen molar-refractivity contribution in [1.29, 1.82) is 0 Å². The molecule has 1 aliphatic rings. The summed E-state index contributed by atoms with van der Waals surface area (Å²) in [5, 5.41) is 12.4. The summed E-state index contributed by atoms with van der Waals surface area (Å²) < 4.78 is 7.97. The van der Waals surface area contributed by atoms with E-state index in [0.717, 1.165) is 41.2 Å². The number of hydrogen-bond acceptors (Lipinski definition) is 8. The molecule has 3 aromatic rings. The van der Waals surface area contributed by atoms with E-state index in [9.17, 15) is 4.79 Å². The molecule has 1 saturated heterocycles. The van der Waals surface area contributed by atoms with Crippen LogP contribution >= 0.6 is 23.1 Å². The maximum Gasteiger partial charge on any atom is 0.258 e. The fourth-order valence-electron chi connectivity index (χ4n) is 2.66. The minimum absolute atomic E-state index is 0.0719. The summed E-state index contributed by atoms with van der Waals surface area (Å²) in [7, 11) is 0. The molecule has 0 radical (unpaired) electrons. The monoisotopic (exact) mass is 375 g/mol. The van der Waals surface area contributed by atoms with Crippen LogP contribution in [0, 0.1) is 0 Å². The zero-order valence-corrected chi connectivity index (χ0v) is 15.1. The van der Waals surface area contributed by atoms with Gasteiger partial charge >= 0.3 is 0 Å². The molecule has 1 fully saturated rings. The number of anilines is 1. The number of fused-ring (bicyclic) bond motifs is 1. The van der Waals surface area contributed by atoms with Crippen LogP contribution in [0.5, 0.6) is 0 Å². The number of nitrogens with one attached hydrogen (secondary N) is 1. The van der Waals surface area contributed by atoms with E-state index in [1.54, 1.807) is 12.3 Å². The lowest BCUT2D eigenvalue weighted by atomic mass is 10.2. The molecule has 0 amide bonds. The summed E-state index contributed by atoms with van der Waals surface area (Å²) in [4.78, 5) is 16.6. The number of aromatic nitrogens is 4. The van der Waals surface area contributed by atoms with Crippen LogP contribution in [0.25, 0.3) is 5.65 Å². The first-order valence-corrected chi connectivity index (χ1v) is 9.87.